The van der Waals surface area contributed by atoms with Gasteiger partial charge in [-0.3, -0.25) is 24.5 Å². The molecule has 3 N–H and O–H groups in total. The molecule has 0 saturated heterocycles. The SMILES string of the molecule is CC(=O)Nc1ccc(NC(=O)CSc2ccc(NC(=O)c3ccc([N+](=O)[O-])cc3)cc2)cc1. The Morgan fingerprint density at radius 1 is 0.788 bits per heavy atom. The van der Waals surface area contributed by atoms with Crippen LogP contribution in [0.5, 0.6) is 0 Å². The van der Waals surface area contributed by atoms with Crippen LogP contribution in [-0.4, -0.2) is 28.4 Å². The van der Waals surface area contributed by atoms with Crippen LogP contribution < -0.4 is 16.0 Å². The molecule has 3 aromatic carbocycles. The van der Waals surface area contributed by atoms with Crippen LogP contribution in [0.25, 0.3) is 0 Å². The van der Waals surface area contributed by atoms with Gasteiger partial charge in [-0.1, -0.05) is 0 Å². The molecule has 168 valence electrons. The Kier molecular flexibility index (Phi) is 7.77. The van der Waals surface area contributed by atoms with E-state index in [-0.39, 0.29) is 29.2 Å². The van der Waals surface area contributed by atoms with Crippen LogP contribution in [0.15, 0.2) is 77.7 Å². The summed E-state index contributed by atoms with van der Waals surface area (Å²) in [5.74, 6) is -0.528. The van der Waals surface area contributed by atoms with Gasteiger partial charge in [-0.05, 0) is 60.7 Å². The van der Waals surface area contributed by atoms with Gasteiger partial charge in [0, 0.05) is 46.6 Å². The molecule has 0 aliphatic rings. The van der Waals surface area contributed by atoms with Gasteiger partial charge in [0.1, 0.15) is 0 Å². The van der Waals surface area contributed by atoms with E-state index in [1.54, 1.807) is 48.5 Å². The largest absolute Gasteiger partial charge is 0.326 e. The molecule has 10 heteroatoms. The first-order valence-electron chi connectivity index (χ1n) is 9.76. The quantitative estimate of drug-likeness (QED) is 0.255. The zero-order valence-electron chi connectivity index (χ0n) is 17.5. The van der Waals surface area contributed by atoms with E-state index in [2.05, 4.69) is 16.0 Å². The number of nitrogens with zero attached hydrogens (tertiary/aromatic N) is 1. The van der Waals surface area contributed by atoms with Crippen molar-refractivity contribution in [2.24, 2.45) is 0 Å². The highest BCUT2D eigenvalue weighted by molar-refractivity contribution is 8.00. The summed E-state index contributed by atoms with van der Waals surface area (Å²) in [5, 5.41) is 18.9. The molecule has 0 saturated carbocycles. The average Bonchev–Trinajstić information content (AvgIpc) is 2.79. The van der Waals surface area contributed by atoms with E-state index in [0.717, 1.165) is 4.90 Å². The third-order valence-corrected chi connectivity index (χ3v) is 5.32. The fourth-order valence-corrected chi connectivity index (χ4v) is 3.46. The fourth-order valence-electron chi connectivity index (χ4n) is 2.76. The first-order chi connectivity index (χ1) is 15.8. The first kappa shape index (κ1) is 23.5. The fraction of sp³-hybridized carbons (Fsp3) is 0.0870. The summed E-state index contributed by atoms with van der Waals surface area (Å²) in [4.78, 5) is 46.5. The summed E-state index contributed by atoms with van der Waals surface area (Å²) in [6.45, 7) is 1.42. The number of carbonyl (C=O) groups is 3. The van der Waals surface area contributed by atoms with Crippen LogP contribution in [0.2, 0.25) is 0 Å². The number of benzene rings is 3. The molecule has 3 amide bonds. The van der Waals surface area contributed by atoms with Gasteiger partial charge in [-0.2, -0.15) is 0 Å². The summed E-state index contributed by atoms with van der Waals surface area (Å²) in [7, 11) is 0. The van der Waals surface area contributed by atoms with Crippen LogP contribution in [0.4, 0.5) is 22.7 Å². The maximum atomic E-state index is 12.3. The van der Waals surface area contributed by atoms with E-state index >= 15 is 0 Å². The third-order valence-electron chi connectivity index (χ3n) is 4.31. The number of amides is 3. The number of nitro benzene ring substituents is 1. The van der Waals surface area contributed by atoms with Crippen molar-refractivity contribution >= 4 is 52.2 Å². The van der Waals surface area contributed by atoms with Crippen molar-refractivity contribution in [3.63, 3.8) is 0 Å². The standard InChI is InChI=1S/C23H20N4O5S/c1-15(28)24-17-4-6-18(7-5-17)25-22(29)14-33-21-12-8-19(9-13-21)26-23(30)16-2-10-20(11-3-16)27(31)32/h2-13H,14H2,1H3,(H,24,28)(H,25,29)(H,26,30). The van der Waals surface area contributed by atoms with E-state index in [1.807, 2.05) is 0 Å². The van der Waals surface area contributed by atoms with Gasteiger partial charge < -0.3 is 16.0 Å². The van der Waals surface area contributed by atoms with Gasteiger partial charge in [-0.25, -0.2) is 0 Å². The molecule has 9 nitrogen and oxygen atoms in total. The smallest absolute Gasteiger partial charge is 0.269 e. The highest BCUT2D eigenvalue weighted by atomic mass is 32.2. The Labute approximate surface area is 193 Å². The maximum Gasteiger partial charge on any atom is 0.269 e. The van der Waals surface area contributed by atoms with E-state index in [1.165, 1.54) is 43.0 Å². The predicted molar refractivity (Wildman–Crippen MR) is 128 cm³/mol. The minimum Gasteiger partial charge on any atom is -0.326 e. The summed E-state index contributed by atoms with van der Waals surface area (Å²) in [6, 6.07) is 19.1. The van der Waals surface area contributed by atoms with Gasteiger partial charge in [0.25, 0.3) is 11.6 Å². The Morgan fingerprint density at radius 2 is 1.30 bits per heavy atom. The molecule has 0 aliphatic carbocycles. The lowest BCUT2D eigenvalue weighted by atomic mass is 10.2. The topological polar surface area (TPSA) is 130 Å². The molecular formula is C23H20N4O5S. The van der Waals surface area contributed by atoms with E-state index < -0.39 is 4.92 Å². The Hall–Kier alpha value is -4.18. The lowest BCUT2D eigenvalue weighted by Gasteiger charge is -2.08. The minimum atomic E-state index is -0.526. The molecule has 3 aromatic rings. The monoisotopic (exact) mass is 464 g/mol. The molecule has 0 spiro atoms. The molecule has 3 rings (SSSR count). The molecule has 0 atom stereocenters. The summed E-state index contributed by atoms with van der Waals surface area (Å²) < 4.78 is 0. The van der Waals surface area contributed by atoms with Crippen molar-refractivity contribution in [1.82, 2.24) is 0 Å². The van der Waals surface area contributed by atoms with Gasteiger partial charge in [0.2, 0.25) is 11.8 Å². The molecule has 0 unspecified atom stereocenters. The van der Waals surface area contributed by atoms with Crippen LogP contribution in [-0.2, 0) is 9.59 Å². The van der Waals surface area contributed by atoms with Gasteiger partial charge in [0.05, 0.1) is 10.7 Å². The van der Waals surface area contributed by atoms with Crippen molar-refractivity contribution in [2.75, 3.05) is 21.7 Å². The molecule has 0 heterocycles. The number of thioether (sulfide) groups is 1. The number of carbonyl (C=O) groups excluding carboxylic acids is 3. The molecule has 33 heavy (non-hydrogen) atoms. The lowest BCUT2D eigenvalue weighted by Crippen LogP contribution is -2.14. The Balaban J connectivity index is 1.47. The second-order valence-electron chi connectivity index (χ2n) is 6.88. The highest BCUT2D eigenvalue weighted by Crippen LogP contribution is 2.22. The van der Waals surface area contributed by atoms with Crippen LogP contribution in [0, 0.1) is 10.1 Å². The Morgan fingerprint density at radius 3 is 1.85 bits per heavy atom. The molecule has 0 bridgehead atoms. The predicted octanol–water partition coefficient (Wildman–Crippen LogP) is 4.54. The molecule has 0 aromatic heterocycles. The zero-order chi connectivity index (χ0) is 23.8. The van der Waals surface area contributed by atoms with Crippen LogP contribution in [0.1, 0.15) is 17.3 Å². The summed E-state index contributed by atoms with van der Waals surface area (Å²) >= 11 is 1.34. The van der Waals surface area contributed by atoms with Gasteiger partial charge >= 0.3 is 0 Å². The van der Waals surface area contributed by atoms with Crippen LogP contribution in [0.3, 0.4) is 0 Å². The first-order valence-corrected chi connectivity index (χ1v) is 10.7. The van der Waals surface area contributed by atoms with Crippen molar-refractivity contribution in [1.29, 1.82) is 0 Å². The molecular weight excluding hydrogens is 444 g/mol. The Bertz CT molecular complexity index is 1160. The van der Waals surface area contributed by atoms with Crippen molar-refractivity contribution in [3.8, 4) is 0 Å². The third kappa shape index (κ3) is 7.18. The zero-order valence-corrected chi connectivity index (χ0v) is 18.3. The van der Waals surface area contributed by atoms with E-state index in [9.17, 15) is 24.5 Å². The van der Waals surface area contributed by atoms with E-state index in [4.69, 9.17) is 0 Å². The number of nitro groups is 1. The van der Waals surface area contributed by atoms with Gasteiger partial charge in [0.15, 0.2) is 0 Å². The lowest BCUT2D eigenvalue weighted by molar-refractivity contribution is -0.384. The number of non-ortho nitro benzene ring substituents is 1. The molecule has 0 fully saturated rings. The van der Waals surface area contributed by atoms with Crippen molar-refractivity contribution < 1.29 is 19.3 Å². The van der Waals surface area contributed by atoms with Crippen LogP contribution >= 0.6 is 11.8 Å². The number of hydrogen-bond donors (Lipinski definition) is 3. The molecule has 0 aliphatic heterocycles. The van der Waals surface area contributed by atoms with Gasteiger partial charge in [-0.15, -0.1) is 11.8 Å². The maximum absolute atomic E-state index is 12.3. The van der Waals surface area contributed by atoms with Crippen molar-refractivity contribution in [2.45, 2.75) is 11.8 Å². The van der Waals surface area contributed by atoms with E-state index in [0.29, 0.717) is 22.6 Å². The summed E-state index contributed by atoms with van der Waals surface area (Å²) in [5.41, 5.74) is 2.06. The molecule has 0 radical (unpaired) electrons. The minimum absolute atomic E-state index is 0.0843. The normalized spacial score (nSPS) is 10.2. The summed E-state index contributed by atoms with van der Waals surface area (Å²) in [6.07, 6.45) is 0. The second kappa shape index (κ2) is 10.9. The number of anilines is 3. The highest BCUT2D eigenvalue weighted by Gasteiger charge is 2.10. The average molecular weight is 465 g/mol. The number of nitrogens with one attached hydrogen (secondary N) is 3. The number of hydrogen-bond acceptors (Lipinski definition) is 6. The van der Waals surface area contributed by atoms with Crippen molar-refractivity contribution in [3.05, 3.63) is 88.5 Å². The number of rotatable bonds is 8. The second-order valence-corrected chi connectivity index (χ2v) is 7.93.